The molecule has 2 rings (SSSR count). The van der Waals surface area contributed by atoms with Crippen LogP contribution in [0.5, 0.6) is 0 Å². The Bertz CT molecular complexity index is 516. The molecule has 0 saturated carbocycles. The first-order chi connectivity index (χ1) is 7.68. The Labute approximate surface area is 99.2 Å². The number of carboxylic acids is 1. The van der Waals surface area contributed by atoms with E-state index in [2.05, 4.69) is 5.32 Å². The van der Waals surface area contributed by atoms with Crippen molar-refractivity contribution in [2.24, 2.45) is 0 Å². The van der Waals surface area contributed by atoms with Gasteiger partial charge >= 0.3 is 5.97 Å². The van der Waals surface area contributed by atoms with Crippen molar-refractivity contribution >= 4 is 39.6 Å². The summed E-state index contributed by atoms with van der Waals surface area (Å²) in [4.78, 5) is 22.5. The third kappa shape index (κ3) is 2.12. The van der Waals surface area contributed by atoms with Gasteiger partial charge in [-0.3, -0.25) is 4.79 Å². The smallest absolute Gasteiger partial charge is 0.338 e. The van der Waals surface area contributed by atoms with Crippen molar-refractivity contribution in [2.45, 2.75) is 0 Å². The third-order valence-electron chi connectivity index (χ3n) is 1.91. The van der Waals surface area contributed by atoms with E-state index < -0.39 is 5.97 Å². The summed E-state index contributed by atoms with van der Waals surface area (Å²) in [7, 11) is 0. The number of aromatic carboxylic acids is 1. The molecule has 0 radical (unpaired) electrons. The SMILES string of the molecule is O=C(Nc1sccc1C(=O)O)c1ccsc1. The van der Waals surface area contributed by atoms with E-state index in [1.165, 1.54) is 28.7 Å². The van der Waals surface area contributed by atoms with Crippen LogP contribution in [-0.2, 0) is 0 Å². The molecule has 16 heavy (non-hydrogen) atoms. The minimum Gasteiger partial charge on any atom is -0.478 e. The lowest BCUT2D eigenvalue weighted by Crippen LogP contribution is -2.12. The fourth-order valence-electron chi connectivity index (χ4n) is 1.14. The quantitative estimate of drug-likeness (QED) is 0.883. The summed E-state index contributed by atoms with van der Waals surface area (Å²) in [6.07, 6.45) is 0. The van der Waals surface area contributed by atoms with Crippen molar-refractivity contribution in [1.29, 1.82) is 0 Å². The van der Waals surface area contributed by atoms with Gasteiger partial charge in [0.1, 0.15) is 5.00 Å². The highest BCUT2D eigenvalue weighted by Gasteiger charge is 2.14. The molecule has 0 atom stereocenters. The van der Waals surface area contributed by atoms with Gasteiger partial charge in [-0.2, -0.15) is 11.3 Å². The zero-order valence-electron chi connectivity index (χ0n) is 7.97. The average Bonchev–Trinajstić information content (AvgIpc) is 2.86. The second kappa shape index (κ2) is 4.46. The van der Waals surface area contributed by atoms with Crippen LogP contribution in [0.1, 0.15) is 20.7 Å². The number of hydrogen-bond donors (Lipinski definition) is 2. The molecule has 6 heteroatoms. The molecule has 4 nitrogen and oxygen atoms in total. The Morgan fingerprint density at radius 1 is 1.25 bits per heavy atom. The van der Waals surface area contributed by atoms with Crippen molar-refractivity contribution in [1.82, 2.24) is 0 Å². The maximum Gasteiger partial charge on any atom is 0.338 e. The van der Waals surface area contributed by atoms with E-state index in [4.69, 9.17) is 5.11 Å². The summed E-state index contributed by atoms with van der Waals surface area (Å²) in [6.45, 7) is 0. The zero-order chi connectivity index (χ0) is 11.5. The lowest BCUT2D eigenvalue weighted by Gasteiger charge is -2.01. The van der Waals surface area contributed by atoms with Gasteiger partial charge < -0.3 is 10.4 Å². The topological polar surface area (TPSA) is 66.4 Å². The van der Waals surface area contributed by atoms with Crippen molar-refractivity contribution in [2.75, 3.05) is 5.32 Å². The normalized spacial score (nSPS) is 10.0. The Morgan fingerprint density at radius 3 is 2.69 bits per heavy atom. The first-order valence-electron chi connectivity index (χ1n) is 4.33. The van der Waals surface area contributed by atoms with Gasteiger partial charge in [0.05, 0.1) is 11.1 Å². The van der Waals surface area contributed by atoms with Crippen molar-refractivity contribution in [3.05, 3.63) is 39.4 Å². The van der Waals surface area contributed by atoms with Crippen LogP contribution in [0.4, 0.5) is 5.00 Å². The number of carbonyl (C=O) groups excluding carboxylic acids is 1. The number of amides is 1. The molecule has 0 spiro atoms. The lowest BCUT2D eigenvalue weighted by atomic mass is 10.3. The molecule has 0 aliphatic heterocycles. The third-order valence-corrected chi connectivity index (χ3v) is 3.42. The summed E-state index contributed by atoms with van der Waals surface area (Å²) in [5.74, 6) is -1.33. The van der Waals surface area contributed by atoms with Crippen molar-refractivity contribution in [3.8, 4) is 0 Å². The molecule has 0 unspecified atom stereocenters. The lowest BCUT2D eigenvalue weighted by molar-refractivity contribution is 0.0698. The largest absolute Gasteiger partial charge is 0.478 e. The minimum atomic E-state index is -1.04. The van der Waals surface area contributed by atoms with Crippen LogP contribution in [0.3, 0.4) is 0 Å². The molecule has 0 fully saturated rings. The molecule has 0 aliphatic carbocycles. The van der Waals surface area contributed by atoms with Gasteiger partial charge in [0, 0.05) is 5.38 Å². The van der Waals surface area contributed by atoms with Gasteiger partial charge in [-0.25, -0.2) is 4.79 Å². The van der Waals surface area contributed by atoms with E-state index in [0.29, 0.717) is 10.6 Å². The number of hydrogen-bond acceptors (Lipinski definition) is 4. The summed E-state index contributed by atoms with van der Waals surface area (Å²) in [6, 6.07) is 3.16. The number of thiophene rings is 2. The minimum absolute atomic E-state index is 0.119. The Morgan fingerprint density at radius 2 is 2.06 bits per heavy atom. The van der Waals surface area contributed by atoms with E-state index in [-0.39, 0.29) is 11.5 Å². The number of carboxylic acid groups (broad SMARTS) is 1. The van der Waals surface area contributed by atoms with Gasteiger partial charge in [0.2, 0.25) is 0 Å². The van der Waals surface area contributed by atoms with Gasteiger partial charge in [0.15, 0.2) is 0 Å². The Kier molecular flexibility index (Phi) is 3.02. The molecule has 0 aromatic carbocycles. The predicted octanol–water partition coefficient (Wildman–Crippen LogP) is 2.76. The first kappa shape index (κ1) is 10.8. The summed E-state index contributed by atoms with van der Waals surface area (Å²) >= 11 is 2.61. The molecule has 2 aromatic rings. The maximum atomic E-state index is 11.7. The van der Waals surface area contributed by atoms with E-state index >= 15 is 0 Å². The van der Waals surface area contributed by atoms with Crippen LogP contribution in [0, 0.1) is 0 Å². The molecule has 2 N–H and O–H groups in total. The summed E-state index contributed by atoms with van der Waals surface area (Å²) < 4.78 is 0. The molecule has 0 aliphatic rings. The van der Waals surface area contributed by atoms with E-state index in [1.54, 1.807) is 22.2 Å². The monoisotopic (exact) mass is 253 g/mol. The molecule has 2 heterocycles. The van der Waals surface area contributed by atoms with Crippen LogP contribution >= 0.6 is 22.7 Å². The number of carbonyl (C=O) groups is 2. The molecule has 1 amide bonds. The fraction of sp³-hybridized carbons (Fsp3) is 0. The van der Waals surface area contributed by atoms with Crippen LogP contribution < -0.4 is 5.32 Å². The second-order valence-electron chi connectivity index (χ2n) is 2.93. The van der Waals surface area contributed by atoms with Crippen molar-refractivity contribution in [3.63, 3.8) is 0 Å². The average molecular weight is 253 g/mol. The molecular weight excluding hydrogens is 246 g/mol. The number of anilines is 1. The molecule has 0 bridgehead atoms. The van der Waals surface area contributed by atoms with Gasteiger partial charge in [-0.1, -0.05) is 0 Å². The Hall–Kier alpha value is -1.66. The number of nitrogens with one attached hydrogen (secondary N) is 1. The molecule has 2 aromatic heterocycles. The van der Waals surface area contributed by atoms with Gasteiger partial charge in [-0.05, 0) is 22.9 Å². The van der Waals surface area contributed by atoms with E-state index in [9.17, 15) is 9.59 Å². The first-order valence-corrected chi connectivity index (χ1v) is 6.15. The van der Waals surface area contributed by atoms with Crippen LogP contribution in [0.15, 0.2) is 28.3 Å². The number of rotatable bonds is 3. The van der Waals surface area contributed by atoms with E-state index in [1.807, 2.05) is 0 Å². The molecular formula is C10H7NO3S2. The van der Waals surface area contributed by atoms with Gasteiger partial charge in [-0.15, -0.1) is 11.3 Å². The summed E-state index contributed by atoms with van der Waals surface area (Å²) in [5.41, 5.74) is 0.656. The highest BCUT2D eigenvalue weighted by Crippen LogP contribution is 2.24. The molecule has 82 valence electrons. The van der Waals surface area contributed by atoms with Crippen LogP contribution in [-0.4, -0.2) is 17.0 Å². The maximum absolute atomic E-state index is 11.7. The predicted molar refractivity (Wildman–Crippen MR) is 63.6 cm³/mol. The second-order valence-corrected chi connectivity index (χ2v) is 4.63. The van der Waals surface area contributed by atoms with Crippen LogP contribution in [0.25, 0.3) is 0 Å². The fourth-order valence-corrected chi connectivity index (χ4v) is 2.55. The van der Waals surface area contributed by atoms with E-state index in [0.717, 1.165) is 0 Å². The highest BCUT2D eigenvalue weighted by atomic mass is 32.1. The molecule has 0 saturated heterocycles. The standard InChI is InChI=1S/C10H7NO3S2/c12-8(6-1-3-15-5-6)11-9-7(10(13)14)2-4-16-9/h1-5H,(H,11,12)(H,13,14). The zero-order valence-corrected chi connectivity index (χ0v) is 9.60. The Balaban J connectivity index is 2.18. The summed E-state index contributed by atoms with van der Waals surface area (Å²) in [5, 5.41) is 16.9. The van der Waals surface area contributed by atoms with Crippen molar-refractivity contribution < 1.29 is 14.7 Å². The van der Waals surface area contributed by atoms with Crippen LogP contribution in [0.2, 0.25) is 0 Å². The highest BCUT2D eigenvalue weighted by molar-refractivity contribution is 7.14. The van der Waals surface area contributed by atoms with Gasteiger partial charge in [0.25, 0.3) is 5.91 Å².